The minimum absolute atomic E-state index is 0.171. The fraction of sp³-hybridized carbons (Fsp3) is 0.333. The Morgan fingerprint density at radius 2 is 1.85 bits per heavy atom. The van der Waals surface area contributed by atoms with Crippen molar-refractivity contribution in [3.05, 3.63) is 59.2 Å². The second kappa shape index (κ2) is 9.00. The SMILES string of the molecule is N#CCc1ccc(O[C@H]2CN(S(=O)(=O)c3ccc(C(F)(F)F)cc3C#N)C[C@@]2(O)CO)cc1. The van der Waals surface area contributed by atoms with E-state index >= 15 is 0 Å². The van der Waals surface area contributed by atoms with Gasteiger partial charge in [0.1, 0.15) is 23.5 Å². The first-order valence-corrected chi connectivity index (χ1v) is 11.0. The average molecular weight is 481 g/mol. The second-order valence-electron chi connectivity index (χ2n) is 7.47. The normalized spacial score (nSPS) is 21.4. The molecule has 2 aromatic rings. The lowest BCUT2D eigenvalue weighted by Gasteiger charge is -2.27. The Labute approximate surface area is 187 Å². The number of aliphatic hydroxyl groups excluding tert-OH is 1. The highest BCUT2D eigenvalue weighted by Crippen LogP contribution is 2.35. The quantitative estimate of drug-likeness (QED) is 0.643. The molecule has 0 aromatic heterocycles. The molecule has 1 fully saturated rings. The van der Waals surface area contributed by atoms with Crippen LogP contribution < -0.4 is 4.74 Å². The molecule has 12 heteroatoms. The Morgan fingerprint density at radius 1 is 1.18 bits per heavy atom. The van der Waals surface area contributed by atoms with Crippen molar-refractivity contribution in [2.45, 2.75) is 29.2 Å². The Hall–Kier alpha value is -3.16. The first-order valence-electron chi connectivity index (χ1n) is 9.52. The predicted octanol–water partition coefficient (Wildman–Crippen LogP) is 1.82. The van der Waals surface area contributed by atoms with Gasteiger partial charge in [0.25, 0.3) is 0 Å². The van der Waals surface area contributed by atoms with Gasteiger partial charge >= 0.3 is 6.18 Å². The van der Waals surface area contributed by atoms with Crippen LogP contribution in [-0.4, -0.2) is 54.3 Å². The van der Waals surface area contributed by atoms with Crippen LogP contribution in [0.15, 0.2) is 47.4 Å². The average Bonchev–Trinajstić information content (AvgIpc) is 3.11. The summed E-state index contributed by atoms with van der Waals surface area (Å²) in [5.41, 5.74) is -3.16. The number of ether oxygens (including phenoxy) is 1. The van der Waals surface area contributed by atoms with Crippen molar-refractivity contribution in [3.63, 3.8) is 0 Å². The third-order valence-corrected chi connectivity index (χ3v) is 7.09. The van der Waals surface area contributed by atoms with Gasteiger partial charge in [0.15, 0.2) is 0 Å². The lowest BCUT2D eigenvalue weighted by molar-refractivity contribution is -0.137. The summed E-state index contributed by atoms with van der Waals surface area (Å²) in [7, 11) is -4.51. The molecule has 0 saturated carbocycles. The van der Waals surface area contributed by atoms with E-state index < -0.39 is 63.6 Å². The van der Waals surface area contributed by atoms with Gasteiger partial charge in [0.2, 0.25) is 10.0 Å². The molecule has 0 aliphatic carbocycles. The monoisotopic (exact) mass is 481 g/mol. The minimum atomic E-state index is -4.76. The molecule has 2 atom stereocenters. The molecule has 1 heterocycles. The number of alkyl halides is 3. The molecule has 1 aliphatic heterocycles. The number of β-amino-alcohol motifs (C(OH)–C–C–N with tert-alkyl or cyclic N) is 1. The zero-order valence-corrected chi connectivity index (χ0v) is 17.8. The van der Waals surface area contributed by atoms with Crippen LogP contribution >= 0.6 is 0 Å². The molecule has 2 aromatic carbocycles. The van der Waals surface area contributed by atoms with Crippen LogP contribution in [0.1, 0.15) is 16.7 Å². The number of nitriles is 2. The van der Waals surface area contributed by atoms with Crippen molar-refractivity contribution >= 4 is 10.0 Å². The molecule has 174 valence electrons. The molecule has 0 radical (unpaired) electrons. The highest BCUT2D eigenvalue weighted by molar-refractivity contribution is 7.89. The lowest BCUT2D eigenvalue weighted by atomic mass is 10.0. The Bertz CT molecular complexity index is 1220. The third kappa shape index (κ3) is 4.94. The predicted molar refractivity (Wildman–Crippen MR) is 107 cm³/mol. The molecular weight excluding hydrogens is 463 g/mol. The fourth-order valence-electron chi connectivity index (χ4n) is 3.41. The minimum Gasteiger partial charge on any atom is -0.486 e. The third-order valence-electron chi connectivity index (χ3n) is 5.22. The van der Waals surface area contributed by atoms with E-state index in [4.69, 9.17) is 10.00 Å². The van der Waals surface area contributed by atoms with Crippen molar-refractivity contribution in [1.82, 2.24) is 4.31 Å². The summed E-state index contributed by atoms with van der Waals surface area (Å²) in [4.78, 5) is -0.653. The molecule has 1 saturated heterocycles. The van der Waals surface area contributed by atoms with Gasteiger partial charge in [0, 0.05) is 6.54 Å². The Balaban J connectivity index is 1.89. The van der Waals surface area contributed by atoms with Gasteiger partial charge in [-0.1, -0.05) is 12.1 Å². The summed E-state index contributed by atoms with van der Waals surface area (Å²) >= 11 is 0. The highest BCUT2D eigenvalue weighted by Gasteiger charge is 2.51. The van der Waals surface area contributed by atoms with E-state index in [9.17, 15) is 37.1 Å². The molecule has 33 heavy (non-hydrogen) atoms. The summed E-state index contributed by atoms with van der Waals surface area (Å²) in [6.45, 7) is -1.88. The van der Waals surface area contributed by atoms with E-state index in [1.165, 1.54) is 18.2 Å². The lowest BCUT2D eigenvalue weighted by Crippen LogP contribution is -2.48. The van der Waals surface area contributed by atoms with Crippen LogP contribution in [-0.2, 0) is 22.6 Å². The van der Waals surface area contributed by atoms with Crippen LogP contribution in [0.25, 0.3) is 0 Å². The molecule has 8 nitrogen and oxygen atoms in total. The van der Waals surface area contributed by atoms with Crippen molar-refractivity contribution in [3.8, 4) is 17.9 Å². The molecular formula is C21H18F3N3O5S. The number of benzene rings is 2. The van der Waals surface area contributed by atoms with Crippen molar-refractivity contribution in [2.75, 3.05) is 19.7 Å². The number of rotatable bonds is 6. The van der Waals surface area contributed by atoms with Crippen molar-refractivity contribution in [1.29, 1.82) is 10.5 Å². The molecule has 0 unspecified atom stereocenters. The standard InChI is InChI=1S/C21H18F3N3O5S/c22-21(23,24)16-3-6-18(15(9-16)10-26)33(30,31)27-11-19(20(29,12-27)13-28)32-17-4-1-14(2-5-17)7-8-25/h1-6,9,19,28-29H,7,11-13H2/t19-,20+/m0/s1. The highest BCUT2D eigenvalue weighted by atomic mass is 32.2. The maximum atomic E-state index is 13.1. The van der Waals surface area contributed by atoms with Gasteiger partial charge in [-0.15, -0.1) is 0 Å². The zero-order valence-electron chi connectivity index (χ0n) is 17.0. The molecule has 1 aliphatic rings. The topological polar surface area (TPSA) is 135 Å². The maximum absolute atomic E-state index is 13.1. The summed E-state index contributed by atoms with van der Waals surface area (Å²) < 4.78 is 71.5. The zero-order chi connectivity index (χ0) is 24.4. The summed E-state index contributed by atoms with van der Waals surface area (Å²) in [5.74, 6) is 0.250. The first-order chi connectivity index (χ1) is 15.4. The van der Waals surface area contributed by atoms with Gasteiger partial charge in [-0.3, -0.25) is 0 Å². The van der Waals surface area contributed by atoms with E-state index in [0.717, 1.165) is 4.31 Å². The number of nitrogens with zero attached hydrogens (tertiary/aromatic N) is 3. The first kappa shape index (κ1) is 24.5. The molecule has 3 rings (SSSR count). The van der Waals surface area contributed by atoms with Crippen LogP contribution in [0.3, 0.4) is 0 Å². The number of sulfonamides is 1. The smallest absolute Gasteiger partial charge is 0.416 e. The Kier molecular flexibility index (Phi) is 6.68. The van der Waals surface area contributed by atoms with Gasteiger partial charge < -0.3 is 14.9 Å². The fourth-order valence-corrected chi connectivity index (χ4v) is 5.03. The van der Waals surface area contributed by atoms with E-state index in [0.29, 0.717) is 23.8 Å². The van der Waals surface area contributed by atoms with Gasteiger partial charge in [0.05, 0.1) is 41.7 Å². The van der Waals surface area contributed by atoms with Gasteiger partial charge in [-0.2, -0.15) is 28.0 Å². The molecule has 0 amide bonds. The second-order valence-corrected chi connectivity index (χ2v) is 9.37. The molecule has 2 N–H and O–H groups in total. The summed E-state index contributed by atoms with van der Waals surface area (Å²) in [6, 6.07) is 11.4. The maximum Gasteiger partial charge on any atom is 0.416 e. The molecule has 0 bridgehead atoms. The summed E-state index contributed by atoms with van der Waals surface area (Å²) in [6.07, 6.45) is -5.80. The van der Waals surface area contributed by atoms with Gasteiger partial charge in [-0.25, -0.2) is 8.42 Å². The number of hydrogen-bond acceptors (Lipinski definition) is 7. The van der Waals surface area contributed by atoms with Crippen LogP contribution in [0.2, 0.25) is 0 Å². The van der Waals surface area contributed by atoms with Crippen molar-refractivity contribution < 1.29 is 36.5 Å². The number of aliphatic hydroxyl groups is 2. The van der Waals surface area contributed by atoms with E-state index in [1.807, 2.05) is 6.07 Å². The summed E-state index contributed by atoms with van der Waals surface area (Å²) in [5, 5.41) is 38.5. The van der Waals surface area contributed by atoms with E-state index in [1.54, 1.807) is 12.1 Å². The number of halogens is 3. The van der Waals surface area contributed by atoms with E-state index in [2.05, 4.69) is 0 Å². The van der Waals surface area contributed by atoms with Crippen molar-refractivity contribution in [2.24, 2.45) is 0 Å². The Morgan fingerprint density at radius 3 is 2.39 bits per heavy atom. The molecule has 0 spiro atoms. The van der Waals surface area contributed by atoms with E-state index in [-0.39, 0.29) is 12.2 Å². The van der Waals surface area contributed by atoms with Crippen LogP contribution in [0.4, 0.5) is 13.2 Å². The van der Waals surface area contributed by atoms with Crippen LogP contribution in [0.5, 0.6) is 5.75 Å². The largest absolute Gasteiger partial charge is 0.486 e. The van der Waals surface area contributed by atoms with Gasteiger partial charge in [-0.05, 0) is 35.9 Å². The van der Waals surface area contributed by atoms with Crippen LogP contribution in [0, 0.1) is 22.7 Å². The number of hydrogen-bond donors (Lipinski definition) is 2.